The molecule has 1 aromatic carbocycles. The van der Waals surface area contributed by atoms with Crippen LogP contribution in [-0.4, -0.2) is 27.0 Å². The molecule has 8 nitrogen and oxygen atoms in total. The van der Waals surface area contributed by atoms with Gasteiger partial charge in [-0.3, -0.25) is 4.79 Å². The molecule has 3 aromatic rings. The number of carbonyl (C=O) groups is 1. The largest absolute Gasteiger partial charge is 0.380 e. The topological polar surface area (TPSA) is 118 Å². The van der Waals surface area contributed by atoms with Crippen LogP contribution in [0.3, 0.4) is 0 Å². The van der Waals surface area contributed by atoms with Gasteiger partial charge >= 0.3 is 5.97 Å². The second-order valence-electron chi connectivity index (χ2n) is 9.22. The average molecular weight is 465 g/mol. The number of carbonyl (C=O) groups excluding carboxylic acids is 1. The second-order valence-corrected chi connectivity index (χ2v) is 9.22. The lowest BCUT2D eigenvalue weighted by molar-refractivity contribution is -0.144. The van der Waals surface area contributed by atoms with Gasteiger partial charge in [0, 0.05) is 24.2 Å². The number of nitrogens with two attached hydrogens (primary N) is 1. The van der Waals surface area contributed by atoms with Gasteiger partial charge in [0.25, 0.3) is 0 Å². The molecule has 0 atom stereocenters. The van der Waals surface area contributed by atoms with Crippen LogP contribution in [0.25, 0.3) is 11.2 Å². The van der Waals surface area contributed by atoms with Crippen molar-refractivity contribution in [2.24, 2.45) is 5.90 Å². The zero-order chi connectivity index (χ0) is 23.6. The summed E-state index contributed by atoms with van der Waals surface area (Å²) in [7, 11) is 0. The highest BCUT2D eigenvalue weighted by molar-refractivity contribution is 5.88. The van der Waals surface area contributed by atoms with Crippen LogP contribution in [0, 0.1) is 0 Å². The Morgan fingerprint density at radius 3 is 2.62 bits per heavy atom. The monoisotopic (exact) mass is 464 g/mol. The smallest absolute Gasteiger partial charge is 0.324 e. The third-order valence-electron chi connectivity index (χ3n) is 6.57. The number of rotatable bonds is 12. The Morgan fingerprint density at radius 2 is 1.82 bits per heavy atom. The molecule has 0 saturated heterocycles. The highest BCUT2D eigenvalue weighted by atomic mass is 16.7. The van der Waals surface area contributed by atoms with Gasteiger partial charge in [0.2, 0.25) is 0 Å². The minimum absolute atomic E-state index is 0.329. The molecule has 0 bridgehead atoms. The SMILES string of the molecule is NOC(=O)CCCCCCCc1ccc(Nc2cc(NC3CCCCC3)c3[nH]cnc3n2)cc1. The molecule has 0 amide bonds. The van der Waals surface area contributed by atoms with Gasteiger partial charge in [-0.15, -0.1) is 0 Å². The number of pyridine rings is 1. The van der Waals surface area contributed by atoms with E-state index < -0.39 is 0 Å². The standard InChI is InChI=1S/C26H36N6O2/c27-34-24(33)12-8-3-1-2-5-9-19-13-15-21(16-14-19)31-23-17-22(25-26(32-23)29-18-28-25)30-20-10-6-4-7-11-20/h13-18,20H,1-12,27H2,(H3,28,29,30,31,32). The van der Waals surface area contributed by atoms with E-state index in [0.717, 1.165) is 66.9 Å². The zero-order valence-corrected chi connectivity index (χ0v) is 19.8. The number of anilines is 3. The fourth-order valence-electron chi connectivity index (χ4n) is 4.66. The first-order valence-electron chi connectivity index (χ1n) is 12.6. The van der Waals surface area contributed by atoms with Gasteiger partial charge in [-0.25, -0.2) is 9.97 Å². The van der Waals surface area contributed by atoms with E-state index in [-0.39, 0.29) is 5.97 Å². The zero-order valence-electron chi connectivity index (χ0n) is 19.8. The lowest BCUT2D eigenvalue weighted by Gasteiger charge is -2.24. The molecule has 0 aliphatic heterocycles. The van der Waals surface area contributed by atoms with Gasteiger partial charge in [-0.1, -0.05) is 50.7 Å². The number of imidazole rings is 1. The summed E-state index contributed by atoms with van der Waals surface area (Å²) in [6, 6.07) is 11.2. The van der Waals surface area contributed by atoms with Gasteiger partial charge in [0.05, 0.1) is 12.0 Å². The van der Waals surface area contributed by atoms with Crippen molar-refractivity contribution in [3.63, 3.8) is 0 Å². The Hall–Kier alpha value is -3.13. The first-order chi connectivity index (χ1) is 16.7. The number of hydrogen-bond donors (Lipinski definition) is 4. The molecule has 0 unspecified atom stereocenters. The summed E-state index contributed by atoms with van der Waals surface area (Å²) in [4.78, 5) is 27.5. The van der Waals surface area contributed by atoms with Crippen molar-refractivity contribution in [2.45, 2.75) is 83.1 Å². The maximum atomic E-state index is 11.0. The molecule has 8 heteroatoms. The summed E-state index contributed by atoms with van der Waals surface area (Å²) in [6.45, 7) is 0. The van der Waals surface area contributed by atoms with Crippen LogP contribution in [0.15, 0.2) is 36.7 Å². The van der Waals surface area contributed by atoms with Gasteiger partial charge in [-0.2, -0.15) is 5.90 Å². The third kappa shape index (κ3) is 6.93. The molecular weight excluding hydrogens is 428 g/mol. The van der Waals surface area contributed by atoms with Crippen molar-refractivity contribution in [2.75, 3.05) is 10.6 Å². The van der Waals surface area contributed by atoms with Crippen LogP contribution in [0.2, 0.25) is 0 Å². The number of fused-ring (bicyclic) bond motifs is 1. The van der Waals surface area contributed by atoms with Crippen molar-refractivity contribution in [1.82, 2.24) is 15.0 Å². The molecular formula is C26H36N6O2. The minimum Gasteiger partial charge on any atom is -0.380 e. The number of aryl methyl sites for hydroxylation is 1. The van der Waals surface area contributed by atoms with E-state index in [1.165, 1.54) is 37.7 Å². The quantitative estimate of drug-likeness (QED) is 0.199. The summed E-state index contributed by atoms with van der Waals surface area (Å²) < 4.78 is 0. The fourth-order valence-corrected chi connectivity index (χ4v) is 4.66. The summed E-state index contributed by atoms with van der Waals surface area (Å²) in [6.07, 6.45) is 14.8. The summed E-state index contributed by atoms with van der Waals surface area (Å²) in [5.74, 6) is 5.31. The molecule has 1 aliphatic carbocycles. The Bertz CT molecular complexity index is 1040. The summed E-state index contributed by atoms with van der Waals surface area (Å²) >= 11 is 0. The maximum Gasteiger partial charge on any atom is 0.324 e. The molecule has 2 aromatic heterocycles. The molecule has 4 rings (SSSR count). The number of hydrogen-bond acceptors (Lipinski definition) is 7. The summed E-state index contributed by atoms with van der Waals surface area (Å²) in [5.41, 5.74) is 5.09. The van der Waals surface area contributed by atoms with E-state index in [4.69, 9.17) is 5.90 Å². The Morgan fingerprint density at radius 1 is 1.06 bits per heavy atom. The van der Waals surface area contributed by atoms with E-state index in [1.807, 2.05) is 0 Å². The van der Waals surface area contributed by atoms with E-state index in [9.17, 15) is 4.79 Å². The lowest BCUT2D eigenvalue weighted by atomic mass is 9.95. The number of unbranched alkanes of at least 4 members (excludes halogenated alkanes) is 4. The Kier molecular flexibility index (Phi) is 8.73. The van der Waals surface area contributed by atoms with Gasteiger partial charge in [-0.05, 0) is 49.8 Å². The van der Waals surface area contributed by atoms with Crippen LogP contribution >= 0.6 is 0 Å². The third-order valence-corrected chi connectivity index (χ3v) is 6.57. The van der Waals surface area contributed by atoms with E-state index in [1.54, 1.807) is 6.33 Å². The van der Waals surface area contributed by atoms with Gasteiger partial charge < -0.3 is 20.5 Å². The lowest BCUT2D eigenvalue weighted by Crippen LogP contribution is -2.22. The Balaban J connectivity index is 1.27. The fraction of sp³-hybridized carbons (Fsp3) is 0.500. The number of nitrogens with one attached hydrogen (secondary N) is 3. The molecule has 182 valence electrons. The van der Waals surface area contributed by atoms with Crippen LogP contribution < -0.4 is 16.5 Å². The molecule has 5 N–H and O–H groups in total. The van der Waals surface area contributed by atoms with Crippen LogP contribution in [0.5, 0.6) is 0 Å². The Labute approximate surface area is 201 Å². The molecule has 1 fully saturated rings. The van der Waals surface area contributed by atoms with Gasteiger partial charge in [0.15, 0.2) is 5.65 Å². The highest BCUT2D eigenvalue weighted by Gasteiger charge is 2.16. The van der Waals surface area contributed by atoms with Crippen molar-refractivity contribution in [3.8, 4) is 0 Å². The summed E-state index contributed by atoms with van der Waals surface area (Å²) in [5, 5.41) is 7.16. The van der Waals surface area contributed by atoms with E-state index >= 15 is 0 Å². The van der Waals surface area contributed by atoms with Crippen molar-refractivity contribution in [1.29, 1.82) is 0 Å². The van der Waals surface area contributed by atoms with Crippen molar-refractivity contribution < 1.29 is 9.63 Å². The maximum absolute atomic E-state index is 11.0. The number of nitrogens with zero attached hydrogens (tertiary/aromatic N) is 2. The van der Waals surface area contributed by atoms with Crippen molar-refractivity contribution in [3.05, 3.63) is 42.2 Å². The molecule has 1 aliphatic rings. The molecule has 0 radical (unpaired) electrons. The van der Waals surface area contributed by atoms with Crippen LogP contribution in [-0.2, 0) is 16.1 Å². The number of aromatic amines is 1. The first-order valence-corrected chi connectivity index (χ1v) is 12.6. The molecule has 0 spiro atoms. The molecule has 34 heavy (non-hydrogen) atoms. The highest BCUT2D eigenvalue weighted by Crippen LogP contribution is 2.28. The van der Waals surface area contributed by atoms with E-state index in [2.05, 4.69) is 60.8 Å². The number of aromatic nitrogens is 3. The van der Waals surface area contributed by atoms with Crippen LogP contribution in [0.4, 0.5) is 17.2 Å². The molecule has 2 heterocycles. The van der Waals surface area contributed by atoms with Crippen LogP contribution in [0.1, 0.15) is 76.2 Å². The first kappa shape index (κ1) is 24.0. The number of benzene rings is 1. The van der Waals surface area contributed by atoms with E-state index in [0.29, 0.717) is 12.5 Å². The average Bonchev–Trinajstić information content (AvgIpc) is 3.34. The normalized spacial score (nSPS) is 14.3. The molecule has 1 saturated carbocycles. The van der Waals surface area contributed by atoms with Crippen molar-refractivity contribution >= 4 is 34.3 Å². The van der Waals surface area contributed by atoms with Gasteiger partial charge in [0.1, 0.15) is 11.3 Å². The predicted octanol–water partition coefficient (Wildman–Crippen LogP) is 5.75. The predicted molar refractivity (Wildman–Crippen MR) is 136 cm³/mol. The second kappa shape index (κ2) is 12.4. The minimum atomic E-state index is -0.329. The number of H-pyrrole nitrogens is 1.